The van der Waals surface area contributed by atoms with Gasteiger partial charge in [-0.25, -0.2) is 9.67 Å². The number of hydrogen-bond acceptors (Lipinski definition) is 3. The van der Waals surface area contributed by atoms with E-state index in [4.69, 9.17) is 0 Å². The summed E-state index contributed by atoms with van der Waals surface area (Å²) in [5.74, 6) is 0.100. The van der Waals surface area contributed by atoms with E-state index in [-0.39, 0.29) is 11.5 Å². The summed E-state index contributed by atoms with van der Waals surface area (Å²) in [7, 11) is 0. The van der Waals surface area contributed by atoms with Gasteiger partial charge in [0.05, 0.1) is 5.69 Å². The van der Waals surface area contributed by atoms with Gasteiger partial charge < -0.3 is 5.32 Å². The van der Waals surface area contributed by atoms with E-state index in [1.54, 1.807) is 36.5 Å². The van der Waals surface area contributed by atoms with Crippen LogP contribution in [0.1, 0.15) is 45.7 Å². The van der Waals surface area contributed by atoms with Crippen molar-refractivity contribution in [1.29, 1.82) is 0 Å². The summed E-state index contributed by atoms with van der Waals surface area (Å²) < 4.78 is 41.5. The summed E-state index contributed by atoms with van der Waals surface area (Å²) in [6, 6.07) is 9.95. The maximum absolute atomic E-state index is 13.4. The van der Waals surface area contributed by atoms with Crippen molar-refractivity contribution in [2.75, 3.05) is 5.32 Å². The Balaban J connectivity index is 1.61. The van der Waals surface area contributed by atoms with Gasteiger partial charge in [-0.2, -0.15) is 18.3 Å². The number of carbonyl (C=O) groups excluding carboxylic acids is 1. The Morgan fingerprint density at radius 2 is 1.83 bits per heavy atom. The molecule has 0 unspecified atom stereocenters. The minimum atomic E-state index is -4.48. The molecule has 0 radical (unpaired) electrons. The van der Waals surface area contributed by atoms with Gasteiger partial charge in [-0.1, -0.05) is 0 Å². The van der Waals surface area contributed by atoms with Crippen LogP contribution in [-0.2, 0) is 19.0 Å². The first kappa shape index (κ1) is 19.2. The zero-order chi connectivity index (χ0) is 20.6. The predicted octanol–water partition coefficient (Wildman–Crippen LogP) is 4.73. The number of benzene rings is 1. The van der Waals surface area contributed by atoms with E-state index in [1.165, 1.54) is 4.68 Å². The number of aryl methyl sites for hydroxylation is 1. The van der Waals surface area contributed by atoms with Crippen molar-refractivity contribution in [2.24, 2.45) is 0 Å². The average molecular weight is 400 g/mol. The standard InChI is InChI=1S/C21H19F3N4O/c1-13-10-11-25-18(12-13)26-20(29)14-6-8-15(9-7-14)28-17-5-3-2-4-16(17)19(27-28)21(22,23)24/h6-12H,2-5H2,1H3,(H,25,26,29). The Morgan fingerprint density at radius 3 is 2.52 bits per heavy atom. The third kappa shape index (κ3) is 3.87. The lowest BCUT2D eigenvalue weighted by Gasteiger charge is -2.15. The number of fused-ring (bicyclic) bond motifs is 1. The van der Waals surface area contributed by atoms with Gasteiger partial charge in [0, 0.05) is 23.0 Å². The fourth-order valence-corrected chi connectivity index (χ4v) is 3.59. The molecule has 1 N–H and O–H groups in total. The molecule has 5 nitrogen and oxygen atoms in total. The van der Waals surface area contributed by atoms with Crippen molar-refractivity contribution in [2.45, 2.75) is 38.8 Å². The van der Waals surface area contributed by atoms with Crippen LogP contribution >= 0.6 is 0 Å². The molecule has 0 atom stereocenters. The molecule has 0 aliphatic heterocycles. The summed E-state index contributed by atoms with van der Waals surface area (Å²) >= 11 is 0. The Hall–Kier alpha value is -3.16. The quantitative estimate of drug-likeness (QED) is 0.692. The van der Waals surface area contributed by atoms with Crippen LogP contribution in [0.15, 0.2) is 42.6 Å². The molecule has 8 heteroatoms. The van der Waals surface area contributed by atoms with E-state index in [2.05, 4.69) is 15.4 Å². The number of nitrogens with zero attached hydrogens (tertiary/aromatic N) is 3. The zero-order valence-corrected chi connectivity index (χ0v) is 15.8. The van der Waals surface area contributed by atoms with E-state index < -0.39 is 11.9 Å². The van der Waals surface area contributed by atoms with Crippen LogP contribution < -0.4 is 5.32 Å². The van der Waals surface area contributed by atoms with Gasteiger partial charge in [-0.05, 0) is 74.6 Å². The molecule has 3 aromatic rings. The molecule has 2 aromatic heterocycles. The molecular formula is C21H19F3N4O. The molecule has 4 rings (SSSR count). The Morgan fingerprint density at radius 1 is 1.10 bits per heavy atom. The number of halogens is 3. The highest BCUT2D eigenvalue weighted by Crippen LogP contribution is 2.36. The second-order valence-corrected chi connectivity index (χ2v) is 7.11. The van der Waals surface area contributed by atoms with Crippen molar-refractivity contribution in [3.05, 3.63) is 70.7 Å². The number of nitrogens with one attached hydrogen (secondary N) is 1. The first-order valence-corrected chi connectivity index (χ1v) is 9.35. The Labute approximate surface area is 165 Å². The van der Waals surface area contributed by atoms with Crippen LogP contribution in [-0.4, -0.2) is 20.7 Å². The number of anilines is 1. The molecule has 0 spiro atoms. The Kier molecular flexibility index (Phi) is 4.86. The van der Waals surface area contributed by atoms with E-state index in [0.29, 0.717) is 35.6 Å². The molecule has 29 heavy (non-hydrogen) atoms. The monoisotopic (exact) mass is 400 g/mol. The third-order valence-electron chi connectivity index (χ3n) is 4.98. The maximum atomic E-state index is 13.4. The molecule has 0 saturated carbocycles. The molecule has 1 aliphatic rings. The van der Waals surface area contributed by atoms with Crippen LogP contribution in [0.4, 0.5) is 19.0 Å². The van der Waals surface area contributed by atoms with E-state index >= 15 is 0 Å². The van der Waals surface area contributed by atoms with Gasteiger partial charge in [-0.15, -0.1) is 0 Å². The molecule has 0 fully saturated rings. The van der Waals surface area contributed by atoms with Crippen LogP contribution in [0.5, 0.6) is 0 Å². The van der Waals surface area contributed by atoms with Gasteiger partial charge in [0.25, 0.3) is 5.91 Å². The first-order valence-electron chi connectivity index (χ1n) is 9.35. The molecule has 1 amide bonds. The Bertz CT molecular complexity index is 1050. The van der Waals surface area contributed by atoms with Crippen LogP contribution in [0.25, 0.3) is 5.69 Å². The highest BCUT2D eigenvalue weighted by atomic mass is 19.4. The van der Waals surface area contributed by atoms with Crippen molar-refractivity contribution < 1.29 is 18.0 Å². The molecule has 2 heterocycles. The number of hydrogen-bond donors (Lipinski definition) is 1. The molecule has 1 aromatic carbocycles. The minimum absolute atomic E-state index is 0.288. The van der Waals surface area contributed by atoms with Crippen molar-refractivity contribution in [3.63, 3.8) is 0 Å². The van der Waals surface area contributed by atoms with Gasteiger partial charge in [0.1, 0.15) is 5.82 Å². The second-order valence-electron chi connectivity index (χ2n) is 7.11. The smallest absolute Gasteiger partial charge is 0.307 e. The molecule has 0 saturated heterocycles. The molecular weight excluding hydrogens is 381 g/mol. The van der Waals surface area contributed by atoms with Crippen molar-refractivity contribution >= 4 is 11.7 Å². The lowest BCUT2D eigenvalue weighted by molar-refractivity contribution is -0.142. The predicted molar refractivity (Wildman–Crippen MR) is 102 cm³/mol. The fraction of sp³-hybridized carbons (Fsp3) is 0.286. The second kappa shape index (κ2) is 7.35. The number of amides is 1. The van der Waals surface area contributed by atoms with Crippen molar-refractivity contribution in [1.82, 2.24) is 14.8 Å². The lowest BCUT2D eigenvalue weighted by Crippen LogP contribution is -2.13. The van der Waals surface area contributed by atoms with Crippen LogP contribution in [0.3, 0.4) is 0 Å². The van der Waals surface area contributed by atoms with E-state index in [0.717, 1.165) is 18.4 Å². The summed E-state index contributed by atoms with van der Waals surface area (Å²) in [4.78, 5) is 16.5. The zero-order valence-electron chi connectivity index (χ0n) is 15.8. The molecule has 1 aliphatic carbocycles. The SMILES string of the molecule is Cc1ccnc(NC(=O)c2ccc(-n3nc(C(F)(F)F)c4c3CCCC4)cc2)c1. The molecule has 150 valence electrons. The average Bonchev–Trinajstić information content (AvgIpc) is 3.08. The topological polar surface area (TPSA) is 59.8 Å². The van der Waals surface area contributed by atoms with Gasteiger partial charge >= 0.3 is 6.18 Å². The van der Waals surface area contributed by atoms with E-state index in [1.807, 2.05) is 13.0 Å². The molecule has 0 bridgehead atoms. The van der Waals surface area contributed by atoms with Gasteiger partial charge in [0.2, 0.25) is 0 Å². The highest BCUT2D eigenvalue weighted by molar-refractivity contribution is 6.03. The number of aromatic nitrogens is 3. The number of pyridine rings is 1. The van der Waals surface area contributed by atoms with E-state index in [9.17, 15) is 18.0 Å². The number of carbonyl (C=O) groups is 1. The fourth-order valence-electron chi connectivity index (χ4n) is 3.59. The summed E-state index contributed by atoms with van der Waals surface area (Å²) in [6.45, 7) is 1.89. The summed E-state index contributed by atoms with van der Waals surface area (Å²) in [5.41, 5.74) is 1.94. The summed E-state index contributed by atoms with van der Waals surface area (Å²) in [6.07, 6.45) is -0.373. The highest BCUT2D eigenvalue weighted by Gasteiger charge is 2.39. The third-order valence-corrected chi connectivity index (χ3v) is 4.98. The van der Waals surface area contributed by atoms with Crippen LogP contribution in [0, 0.1) is 6.92 Å². The number of alkyl halides is 3. The van der Waals surface area contributed by atoms with Gasteiger partial charge in [-0.3, -0.25) is 4.79 Å². The number of rotatable bonds is 3. The summed E-state index contributed by atoms with van der Waals surface area (Å²) in [5, 5.41) is 6.58. The largest absolute Gasteiger partial charge is 0.435 e. The van der Waals surface area contributed by atoms with Crippen LogP contribution in [0.2, 0.25) is 0 Å². The van der Waals surface area contributed by atoms with Crippen molar-refractivity contribution in [3.8, 4) is 5.69 Å². The normalized spacial score (nSPS) is 13.8. The minimum Gasteiger partial charge on any atom is -0.307 e. The maximum Gasteiger partial charge on any atom is 0.435 e. The first-order chi connectivity index (χ1) is 13.8. The lowest BCUT2D eigenvalue weighted by atomic mass is 9.95. The van der Waals surface area contributed by atoms with Gasteiger partial charge in [0.15, 0.2) is 5.69 Å².